The number of likely N-dealkylation sites (N-methyl/N-ethyl adjacent to an activating group) is 1. The average molecular weight is 358 g/mol. The normalized spacial score (nSPS) is 12.7. The molecule has 24 heavy (non-hydrogen) atoms. The SMILES string of the molecule is C[NH+](CC(=O)Nc1cccc(Cl)c1)Cc1ccc(C(F)(F)F)cc1. The number of hydrogen-bond acceptors (Lipinski definition) is 1. The highest BCUT2D eigenvalue weighted by Crippen LogP contribution is 2.28. The largest absolute Gasteiger partial charge is 0.416 e. The zero-order valence-electron chi connectivity index (χ0n) is 13.0. The molecule has 3 nitrogen and oxygen atoms in total. The fourth-order valence-corrected chi connectivity index (χ4v) is 2.46. The zero-order chi connectivity index (χ0) is 17.7. The molecule has 0 bridgehead atoms. The second-order valence-electron chi connectivity index (χ2n) is 5.56. The topological polar surface area (TPSA) is 33.5 Å². The first-order chi connectivity index (χ1) is 11.2. The first-order valence-electron chi connectivity index (χ1n) is 7.27. The van der Waals surface area contributed by atoms with E-state index in [0.29, 0.717) is 17.3 Å². The van der Waals surface area contributed by atoms with Gasteiger partial charge in [-0.1, -0.05) is 29.8 Å². The second-order valence-corrected chi connectivity index (χ2v) is 6.00. The molecule has 1 atom stereocenters. The Bertz CT molecular complexity index is 702. The smallest absolute Gasteiger partial charge is 0.326 e. The van der Waals surface area contributed by atoms with Gasteiger partial charge in [0, 0.05) is 16.3 Å². The van der Waals surface area contributed by atoms with Gasteiger partial charge < -0.3 is 10.2 Å². The van der Waals surface area contributed by atoms with E-state index in [4.69, 9.17) is 11.6 Å². The quantitative estimate of drug-likeness (QED) is 0.847. The van der Waals surface area contributed by atoms with Crippen molar-refractivity contribution >= 4 is 23.2 Å². The van der Waals surface area contributed by atoms with E-state index in [0.717, 1.165) is 22.6 Å². The number of amides is 1. The highest BCUT2D eigenvalue weighted by atomic mass is 35.5. The van der Waals surface area contributed by atoms with Gasteiger partial charge in [0.25, 0.3) is 5.91 Å². The minimum Gasteiger partial charge on any atom is -0.326 e. The molecule has 1 amide bonds. The highest BCUT2D eigenvalue weighted by molar-refractivity contribution is 6.30. The Balaban J connectivity index is 1.88. The van der Waals surface area contributed by atoms with Crippen LogP contribution in [0.2, 0.25) is 5.02 Å². The molecule has 0 saturated carbocycles. The summed E-state index contributed by atoms with van der Waals surface area (Å²) in [4.78, 5) is 12.8. The number of quaternary nitrogens is 1. The van der Waals surface area contributed by atoms with Crippen LogP contribution >= 0.6 is 11.6 Å². The van der Waals surface area contributed by atoms with E-state index in [-0.39, 0.29) is 12.5 Å². The minimum absolute atomic E-state index is 0.188. The monoisotopic (exact) mass is 357 g/mol. The van der Waals surface area contributed by atoms with Crippen LogP contribution in [0.4, 0.5) is 18.9 Å². The summed E-state index contributed by atoms with van der Waals surface area (Å²) >= 11 is 5.85. The van der Waals surface area contributed by atoms with Crippen LogP contribution < -0.4 is 10.2 Å². The standard InChI is InChI=1S/C17H16ClF3N2O/c1-23(10-12-5-7-13(8-6-12)17(19,20)21)11-16(24)22-15-4-2-3-14(18)9-15/h2-9H,10-11H2,1H3,(H,22,24)/p+1. The van der Waals surface area contributed by atoms with Crippen molar-refractivity contribution in [1.82, 2.24) is 0 Å². The Morgan fingerprint density at radius 2 is 1.83 bits per heavy atom. The molecule has 0 aliphatic carbocycles. The first-order valence-corrected chi connectivity index (χ1v) is 7.64. The third-order valence-corrected chi connectivity index (χ3v) is 3.59. The molecule has 128 valence electrons. The van der Waals surface area contributed by atoms with E-state index in [2.05, 4.69) is 5.32 Å². The van der Waals surface area contributed by atoms with Gasteiger partial charge in [0.2, 0.25) is 0 Å². The molecule has 2 N–H and O–H groups in total. The molecule has 0 saturated heterocycles. The van der Waals surface area contributed by atoms with Crippen LogP contribution in [-0.4, -0.2) is 19.5 Å². The number of anilines is 1. The lowest BCUT2D eigenvalue weighted by Gasteiger charge is -2.14. The molecular formula is C17H17ClF3N2O+. The van der Waals surface area contributed by atoms with Gasteiger partial charge >= 0.3 is 6.18 Å². The number of halogens is 4. The van der Waals surface area contributed by atoms with Crippen molar-refractivity contribution in [2.24, 2.45) is 0 Å². The maximum Gasteiger partial charge on any atom is 0.416 e. The molecule has 0 heterocycles. The summed E-state index contributed by atoms with van der Waals surface area (Å²) in [6.45, 7) is 0.634. The maximum atomic E-state index is 12.5. The maximum absolute atomic E-state index is 12.5. The van der Waals surface area contributed by atoms with Gasteiger partial charge in [-0.15, -0.1) is 0 Å². The zero-order valence-corrected chi connectivity index (χ0v) is 13.7. The Labute approximate surface area is 143 Å². The minimum atomic E-state index is -4.34. The number of alkyl halides is 3. The molecule has 2 aromatic carbocycles. The van der Waals surface area contributed by atoms with E-state index >= 15 is 0 Å². The van der Waals surface area contributed by atoms with Crippen LogP contribution in [0.5, 0.6) is 0 Å². The number of carbonyl (C=O) groups is 1. The number of carbonyl (C=O) groups excluding carboxylic acids is 1. The first kappa shape index (κ1) is 18.3. The van der Waals surface area contributed by atoms with Gasteiger partial charge in [0.05, 0.1) is 12.6 Å². The van der Waals surface area contributed by atoms with Crippen LogP contribution in [0, 0.1) is 0 Å². The fourth-order valence-electron chi connectivity index (χ4n) is 2.27. The Kier molecular flexibility index (Phi) is 5.85. The van der Waals surface area contributed by atoms with Crippen LogP contribution in [0.3, 0.4) is 0 Å². The van der Waals surface area contributed by atoms with Crippen molar-refractivity contribution in [3.05, 3.63) is 64.7 Å². The van der Waals surface area contributed by atoms with Gasteiger partial charge in [0.1, 0.15) is 6.54 Å². The third-order valence-electron chi connectivity index (χ3n) is 3.36. The Morgan fingerprint density at radius 1 is 1.17 bits per heavy atom. The van der Waals surface area contributed by atoms with Crippen LogP contribution in [0.1, 0.15) is 11.1 Å². The Hall–Kier alpha value is -2.05. The molecule has 0 aromatic heterocycles. The summed E-state index contributed by atoms with van der Waals surface area (Å²) in [5, 5.41) is 3.26. The van der Waals surface area contributed by atoms with Crippen molar-refractivity contribution in [3.8, 4) is 0 Å². The molecular weight excluding hydrogens is 341 g/mol. The lowest BCUT2D eigenvalue weighted by molar-refractivity contribution is -0.885. The fraction of sp³-hybridized carbons (Fsp3) is 0.235. The van der Waals surface area contributed by atoms with Crippen LogP contribution in [-0.2, 0) is 17.5 Å². The van der Waals surface area contributed by atoms with Crippen molar-refractivity contribution < 1.29 is 22.9 Å². The molecule has 0 aliphatic heterocycles. The van der Waals surface area contributed by atoms with Crippen molar-refractivity contribution in [1.29, 1.82) is 0 Å². The van der Waals surface area contributed by atoms with Gasteiger partial charge in [-0.2, -0.15) is 13.2 Å². The van der Waals surface area contributed by atoms with E-state index in [9.17, 15) is 18.0 Å². The summed E-state index contributed by atoms with van der Waals surface area (Å²) in [6, 6.07) is 11.8. The van der Waals surface area contributed by atoms with E-state index in [1.54, 1.807) is 31.3 Å². The molecule has 1 unspecified atom stereocenters. The lowest BCUT2D eigenvalue weighted by Crippen LogP contribution is -3.08. The third kappa shape index (κ3) is 5.54. The molecule has 0 fully saturated rings. The summed E-state index contributed by atoms with van der Waals surface area (Å²) in [5.74, 6) is -0.193. The Morgan fingerprint density at radius 3 is 2.42 bits per heavy atom. The van der Waals surface area contributed by atoms with Gasteiger partial charge in [0.15, 0.2) is 6.54 Å². The summed E-state index contributed by atoms with van der Waals surface area (Å²) in [5.41, 5.74) is 0.661. The molecule has 2 rings (SSSR count). The van der Waals surface area contributed by atoms with E-state index in [1.807, 2.05) is 0 Å². The summed E-state index contributed by atoms with van der Waals surface area (Å²) < 4.78 is 37.6. The van der Waals surface area contributed by atoms with Crippen LogP contribution in [0.15, 0.2) is 48.5 Å². The predicted molar refractivity (Wildman–Crippen MR) is 87.0 cm³/mol. The van der Waals surface area contributed by atoms with E-state index in [1.165, 1.54) is 12.1 Å². The number of benzene rings is 2. The molecule has 0 aliphatic rings. The molecule has 2 aromatic rings. The van der Waals surface area contributed by atoms with Crippen LogP contribution in [0.25, 0.3) is 0 Å². The molecule has 0 spiro atoms. The lowest BCUT2D eigenvalue weighted by atomic mass is 10.1. The van der Waals surface area contributed by atoms with E-state index < -0.39 is 11.7 Å². The van der Waals surface area contributed by atoms with Crippen molar-refractivity contribution in [2.75, 3.05) is 18.9 Å². The average Bonchev–Trinajstić information content (AvgIpc) is 2.46. The van der Waals surface area contributed by atoms with Gasteiger partial charge in [-0.25, -0.2) is 0 Å². The number of rotatable bonds is 5. The summed E-state index contributed by atoms with van der Waals surface area (Å²) in [7, 11) is 1.80. The second kappa shape index (κ2) is 7.68. The van der Waals surface area contributed by atoms with Crippen molar-refractivity contribution in [3.63, 3.8) is 0 Å². The molecule has 7 heteroatoms. The molecule has 0 radical (unpaired) electrons. The van der Waals surface area contributed by atoms with Crippen molar-refractivity contribution in [2.45, 2.75) is 12.7 Å². The highest BCUT2D eigenvalue weighted by Gasteiger charge is 2.30. The predicted octanol–water partition coefficient (Wildman–Crippen LogP) is 3.01. The van der Waals surface area contributed by atoms with Gasteiger partial charge in [-0.05, 0) is 30.3 Å². The number of nitrogens with one attached hydrogen (secondary N) is 2. The number of hydrogen-bond donors (Lipinski definition) is 2. The van der Waals surface area contributed by atoms with Gasteiger partial charge in [-0.3, -0.25) is 4.79 Å². The summed E-state index contributed by atoms with van der Waals surface area (Å²) in [6.07, 6.45) is -4.34.